The summed E-state index contributed by atoms with van der Waals surface area (Å²) in [4.78, 5) is 0.949. The second-order valence-corrected chi connectivity index (χ2v) is 4.77. The average molecular weight is 266 g/mol. The number of nitrogens with zero attached hydrogens (tertiary/aromatic N) is 2. The maximum atomic E-state index is 13.3. The summed E-state index contributed by atoms with van der Waals surface area (Å²) in [6, 6.07) is 6.13. The quantitative estimate of drug-likeness (QED) is 0.643. The standard InChI is InChI=1S/C12H15FN4S/c1-2-4-10-12(18-17-16-10)11(15-14)8-5-3-6-9(13)7-8/h3,5-7,11,15H,2,4,14H2,1H3. The molecular weight excluding hydrogens is 251 g/mol. The van der Waals surface area contributed by atoms with Crippen LogP contribution in [0.2, 0.25) is 0 Å². The summed E-state index contributed by atoms with van der Waals surface area (Å²) in [6.45, 7) is 2.08. The average Bonchev–Trinajstić information content (AvgIpc) is 2.79. The number of aromatic nitrogens is 2. The number of halogens is 1. The van der Waals surface area contributed by atoms with E-state index in [4.69, 9.17) is 5.84 Å². The highest BCUT2D eigenvalue weighted by Crippen LogP contribution is 2.27. The molecule has 0 radical (unpaired) electrons. The third-order valence-corrected chi connectivity index (χ3v) is 3.51. The first-order valence-electron chi connectivity index (χ1n) is 5.79. The largest absolute Gasteiger partial charge is 0.271 e. The molecule has 0 amide bonds. The van der Waals surface area contributed by atoms with E-state index in [9.17, 15) is 4.39 Å². The molecule has 1 atom stereocenters. The van der Waals surface area contributed by atoms with Gasteiger partial charge in [-0.15, -0.1) is 5.10 Å². The van der Waals surface area contributed by atoms with Crippen LogP contribution in [-0.2, 0) is 6.42 Å². The fraction of sp³-hybridized carbons (Fsp3) is 0.333. The zero-order valence-electron chi connectivity index (χ0n) is 10.1. The first kappa shape index (κ1) is 13.1. The molecule has 1 aromatic heterocycles. The Kier molecular flexibility index (Phi) is 4.35. The Bertz CT molecular complexity index is 514. The maximum absolute atomic E-state index is 13.3. The van der Waals surface area contributed by atoms with Crippen LogP contribution in [0.1, 0.15) is 35.5 Å². The van der Waals surface area contributed by atoms with E-state index in [2.05, 4.69) is 21.9 Å². The molecule has 4 nitrogen and oxygen atoms in total. The Balaban J connectivity index is 2.36. The van der Waals surface area contributed by atoms with Crippen molar-refractivity contribution in [3.05, 3.63) is 46.2 Å². The third kappa shape index (κ3) is 2.72. The van der Waals surface area contributed by atoms with Gasteiger partial charge >= 0.3 is 0 Å². The number of nitrogens with one attached hydrogen (secondary N) is 1. The lowest BCUT2D eigenvalue weighted by molar-refractivity contribution is 0.605. The molecule has 2 aromatic rings. The monoisotopic (exact) mass is 266 g/mol. The van der Waals surface area contributed by atoms with Crippen LogP contribution in [0.3, 0.4) is 0 Å². The molecule has 0 spiro atoms. The number of hydrogen-bond donors (Lipinski definition) is 2. The van der Waals surface area contributed by atoms with E-state index < -0.39 is 0 Å². The van der Waals surface area contributed by atoms with Crippen molar-refractivity contribution < 1.29 is 4.39 Å². The molecule has 2 rings (SSSR count). The van der Waals surface area contributed by atoms with E-state index in [1.165, 1.54) is 23.7 Å². The van der Waals surface area contributed by atoms with Crippen LogP contribution < -0.4 is 11.3 Å². The maximum Gasteiger partial charge on any atom is 0.123 e. The topological polar surface area (TPSA) is 63.8 Å². The minimum Gasteiger partial charge on any atom is -0.271 e. The molecule has 1 aromatic carbocycles. The summed E-state index contributed by atoms with van der Waals surface area (Å²) in [7, 11) is 0. The first-order chi connectivity index (χ1) is 8.76. The lowest BCUT2D eigenvalue weighted by Crippen LogP contribution is -2.29. The second-order valence-electron chi connectivity index (χ2n) is 3.99. The molecule has 0 aliphatic heterocycles. The molecular formula is C12H15FN4S. The van der Waals surface area contributed by atoms with Crippen LogP contribution in [0, 0.1) is 5.82 Å². The van der Waals surface area contributed by atoms with Crippen molar-refractivity contribution in [1.82, 2.24) is 15.0 Å². The Morgan fingerprint density at radius 1 is 1.50 bits per heavy atom. The molecule has 96 valence electrons. The summed E-state index contributed by atoms with van der Waals surface area (Å²) in [5.74, 6) is 5.31. The van der Waals surface area contributed by atoms with E-state index >= 15 is 0 Å². The van der Waals surface area contributed by atoms with E-state index in [-0.39, 0.29) is 11.9 Å². The third-order valence-electron chi connectivity index (χ3n) is 2.68. The summed E-state index contributed by atoms with van der Waals surface area (Å²) >= 11 is 1.30. The highest BCUT2D eigenvalue weighted by molar-refractivity contribution is 7.05. The summed E-state index contributed by atoms with van der Waals surface area (Å²) in [6.07, 6.45) is 1.83. The minimum atomic E-state index is -0.276. The van der Waals surface area contributed by atoms with Gasteiger partial charge in [0.2, 0.25) is 0 Å². The van der Waals surface area contributed by atoms with Crippen molar-refractivity contribution in [2.24, 2.45) is 5.84 Å². The molecule has 0 aliphatic rings. The molecule has 6 heteroatoms. The molecule has 0 aliphatic carbocycles. The van der Waals surface area contributed by atoms with Gasteiger partial charge in [-0.05, 0) is 35.6 Å². The molecule has 1 heterocycles. The lowest BCUT2D eigenvalue weighted by Gasteiger charge is -2.15. The summed E-state index contributed by atoms with van der Waals surface area (Å²) in [5, 5.41) is 4.10. The zero-order chi connectivity index (χ0) is 13.0. The van der Waals surface area contributed by atoms with Crippen molar-refractivity contribution in [3.63, 3.8) is 0 Å². The molecule has 0 saturated heterocycles. The van der Waals surface area contributed by atoms with Gasteiger partial charge in [-0.3, -0.25) is 5.84 Å². The SMILES string of the molecule is CCCc1nnsc1C(NN)c1cccc(F)c1. The van der Waals surface area contributed by atoms with Gasteiger partial charge < -0.3 is 0 Å². The number of hydrogen-bond acceptors (Lipinski definition) is 5. The van der Waals surface area contributed by atoms with Gasteiger partial charge in [-0.25, -0.2) is 9.82 Å². The van der Waals surface area contributed by atoms with Gasteiger partial charge in [0.25, 0.3) is 0 Å². The van der Waals surface area contributed by atoms with E-state index in [0.717, 1.165) is 29.0 Å². The van der Waals surface area contributed by atoms with Gasteiger partial charge in [-0.2, -0.15) is 0 Å². The smallest absolute Gasteiger partial charge is 0.123 e. The highest BCUT2D eigenvalue weighted by atomic mass is 32.1. The Labute approximate surface area is 109 Å². The van der Waals surface area contributed by atoms with Crippen LogP contribution in [-0.4, -0.2) is 9.59 Å². The molecule has 3 N–H and O–H groups in total. The van der Waals surface area contributed by atoms with Crippen LogP contribution in [0.25, 0.3) is 0 Å². The van der Waals surface area contributed by atoms with Gasteiger partial charge in [0.05, 0.1) is 16.6 Å². The van der Waals surface area contributed by atoms with Gasteiger partial charge in [0, 0.05) is 0 Å². The number of rotatable bonds is 5. The van der Waals surface area contributed by atoms with Crippen molar-refractivity contribution in [2.75, 3.05) is 0 Å². The highest BCUT2D eigenvalue weighted by Gasteiger charge is 2.19. The molecule has 1 unspecified atom stereocenters. The predicted molar refractivity (Wildman–Crippen MR) is 69.5 cm³/mol. The van der Waals surface area contributed by atoms with E-state index in [1.807, 2.05) is 6.07 Å². The summed E-state index contributed by atoms with van der Waals surface area (Å²) in [5.41, 5.74) is 4.41. The van der Waals surface area contributed by atoms with Crippen LogP contribution in [0.5, 0.6) is 0 Å². The van der Waals surface area contributed by atoms with Crippen molar-refractivity contribution in [2.45, 2.75) is 25.8 Å². The van der Waals surface area contributed by atoms with Crippen LogP contribution in [0.4, 0.5) is 4.39 Å². The number of aryl methyl sites for hydroxylation is 1. The zero-order valence-corrected chi connectivity index (χ0v) is 10.9. The number of benzene rings is 1. The van der Waals surface area contributed by atoms with Gasteiger partial charge in [-0.1, -0.05) is 30.0 Å². The van der Waals surface area contributed by atoms with Crippen molar-refractivity contribution in [3.8, 4) is 0 Å². The predicted octanol–water partition coefficient (Wildman–Crippen LogP) is 2.18. The summed E-state index contributed by atoms with van der Waals surface area (Å²) < 4.78 is 17.2. The van der Waals surface area contributed by atoms with E-state index in [0.29, 0.717) is 0 Å². The van der Waals surface area contributed by atoms with Crippen LogP contribution in [0.15, 0.2) is 24.3 Å². The van der Waals surface area contributed by atoms with Gasteiger partial charge in [0.1, 0.15) is 5.82 Å². The Morgan fingerprint density at radius 2 is 2.33 bits per heavy atom. The van der Waals surface area contributed by atoms with Crippen molar-refractivity contribution >= 4 is 11.5 Å². The Hall–Kier alpha value is -1.37. The van der Waals surface area contributed by atoms with Crippen LogP contribution >= 0.6 is 11.5 Å². The number of nitrogens with two attached hydrogens (primary N) is 1. The molecule has 18 heavy (non-hydrogen) atoms. The fourth-order valence-corrected chi connectivity index (χ4v) is 2.64. The molecule has 0 fully saturated rings. The molecule has 0 saturated carbocycles. The lowest BCUT2D eigenvalue weighted by atomic mass is 10.0. The number of hydrazine groups is 1. The van der Waals surface area contributed by atoms with E-state index in [1.54, 1.807) is 6.07 Å². The Morgan fingerprint density at radius 3 is 3.00 bits per heavy atom. The molecule has 0 bridgehead atoms. The fourth-order valence-electron chi connectivity index (χ4n) is 1.85. The van der Waals surface area contributed by atoms with Crippen molar-refractivity contribution in [1.29, 1.82) is 0 Å². The first-order valence-corrected chi connectivity index (χ1v) is 6.56. The normalized spacial score (nSPS) is 12.6. The minimum absolute atomic E-state index is 0.262. The van der Waals surface area contributed by atoms with Gasteiger partial charge in [0.15, 0.2) is 0 Å². The second kappa shape index (κ2) is 5.99.